The largest absolute Gasteiger partial charge is 0.467 e. The minimum absolute atomic E-state index is 0.285. The molecule has 0 unspecified atom stereocenters. The smallest absolute Gasteiger partial charge is 0.328 e. The van der Waals surface area contributed by atoms with Crippen molar-refractivity contribution in [3.8, 4) is 0 Å². The molecule has 4 N–H and O–H groups in total. The number of aromatic nitrogens is 1. The number of unbranched alkanes of at least 4 members (excludes halogenated alkanes) is 1. The maximum atomic E-state index is 12.7. The monoisotopic (exact) mass is 428 g/mol. The van der Waals surface area contributed by atoms with Gasteiger partial charge >= 0.3 is 5.97 Å². The lowest BCUT2D eigenvalue weighted by molar-refractivity contribution is -0.145. The first-order valence-corrected chi connectivity index (χ1v) is 10.5. The zero-order valence-electron chi connectivity index (χ0n) is 18.2. The third kappa shape index (κ3) is 7.57. The van der Waals surface area contributed by atoms with Crippen molar-refractivity contribution in [3.05, 3.63) is 48.7 Å². The van der Waals surface area contributed by atoms with E-state index in [1.807, 2.05) is 42.6 Å². The van der Waals surface area contributed by atoms with E-state index in [9.17, 15) is 14.4 Å². The van der Waals surface area contributed by atoms with Crippen LogP contribution in [-0.2, 0) is 25.7 Å². The fraction of sp³-hybridized carbons (Fsp3) is 0.435. The van der Waals surface area contributed by atoms with Crippen molar-refractivity contribution in [3.63, 3.8) is 0 Å². The number of methoxy groups -OCH3 is 1. The van der Waals surface area contributed by atoms with E-state index in [1.54, 1.807) is 0 Å². The molecule has 0 aliphatic carbocycles. The Balaban J connectivity index is 1.98. The zero-order chi connectivity index (χ0) is 22.6. The van der Waals surface area contributed by atoms with Gasteiger partial charge in [-0.2, -0.15) is 0 Å². The predicted octanol–water partition coefficient (Wildman–Crippen LogP) is 1.88. The lowest BCUT2D eigenvalue weighted by Gasteiger charge is -2.21. The Hall–Kier alpha value is -3.13. The summed E-state index contributed by atoms with van der Waals surface area (Å²) in [6.45, 7) is 2.51. The van der Waals surface area contributed by atoms with Crippen molar-refractivity contribution in [1.29, 1.82) is 0 Å². The second-order valence-electron chi connectivity index (χ2n) is 7.36. The van der Waals surface area contributed by atoms with Crippen LogP contribution in [0.4, 0.5) is 0 Å². The van der Waals surface area contributed by atoms with Gasteiger partial charge < -0.3 is 25.7 Å². The minimum Gasteiger partial charge on any atom is -0.467 e. The molecular formula is C23H32N4O4. The number of benzene rings is 1. The van der Waals surface area contributed by atoms with E-state index < -0.39 is 24.0 Å². The first-order chi connectivity index (χ1) is 15.0. The topological polar surface area (TPSA) is 115 Å². The van der Waals surface area contributed by atoms with E-state index in [0.717, 1.165) is 17.3 Å². The first kappa shape index (κ1) is 24.1. The van der Waals surface area contributed by atoms with Crippen LogP contribution in [0.15, 0.2) is 48.7 Å². The molecule has 2 atom stereocenters. The number of esters is 1. The summed E-state index contributed by atoms with van der Waals surface area (Å²) in [6.07, 6.45) is 7.98. The number of rotatable bonds is 12. The van der Waals surface area contributed by atoms with E-state index >= 15 is 0 Å². The molecule has 0 spiro atoms. The maximum absolute atomic E-state index is 12.7. The Kier molecular flexibility index (Phi) is 9.77. The van der Waals surface area contributed by atoms with Gasteiger partial charge in [-0.15, -0.1) is 0 Å². The SMILES string of the molecule is COC(=O)[C@@H](CC=CCn1ccc2ccccc21)NC(=O)[C@H](CCCCN)NC(C)=O. The summed E-state index contributed by atoms with van der Waals surface area (Å²) in [7, 11) is 1.28. The fourth-order valence-corrected chi connectivity index (χ4v) is 3.36. The van der Waals surface area contributed by atoms with Gasteiger partial charge in [0.25, 0.3) is 0 Å². The molecule has 1 aromatic heterocycles. The van der Waals surface area contributed by atoms with Crippen LogP contribution in [0, 0.1) is 0 Å². The molecule has 0 fully saturated rings. The highest BCUT2D eigenvalue weighted by Crippen LogP contribution is 2.15. The van der Waals surface area contributed by atoms with Gasteiger partial charge in [-0.25, -0.2) is 4.79 Å². The molecule has 8 heteroatoms. The number of fused-ring (bicyclic) bond motifs is 1. The Morgan fingerprint density at radius 3 is 2.58 bits per heavy atom. The van der Waals surface area contributed by atoms with Crippen molar-refractivity contribution in [2.45, 2.75) is 51.2 Å². The van der Waals surface area contributed by atoms with Gasteiger partial charge in [0.2, 0.25) is 11.8 Å². The molecule has 0 aliphatic heterocycles. The Morgan fingerprint density at radius 2 is 1.87 bits per heavy atom. The number of hydrogen-bond donors (Lipinski definition) is 3. The van der Waals surface area contributed by atoms with Crippen molar-refractivity contribution < 1.29 is 19.1 Å². The average Bonchev–Trinajstić information content (AvgIpc) is 3.17. The number of carbonyl (C=O) groups is 3. The van der Waals surface area contributed by atoms with Crippen LogP contribution in [0.25, 0.3) is 10.9 Å². The highest BCUT2D eigenvalue weighted by molar-refractivity contribution is 5.90. The molecule has 1 heterocycles. The van der Waals surface area contributed by atoms with Crippen molar-refractivity contribution in [1.82, 2.24) is 15.2 Å². The van der Waals surface area contributed by atoms with Gasteiger partial charge in [0.15, 0.2) is 0 Å². The zero-order valence-corrected chi connectivity index (χ0v) is 18.2. The lowest BCUT2D eigenvalue weighted by atomic mass is 10.1. The summed E-state index contributed by atoms with van der Waals surface area (Å²) in [5, 5.41) is 6.51. The summed E-state index contributed by atoms with van der Waals surface area (Å²) in [5.74, 6) is -1.25. The van der Waals surface area contributed by atoms with E-state index in [4.69, 9.17) is 10.5 Å². The predicted molar refractivity (Wildman–Crippen MR) is 120 cm³/mol. The highest BCUT2D eigenvalue weighted by Gasteiger charge is 2.25. The number of allylic oxidation sites excluding steroid dienone is 1. The fourth-order valence-electron chi connectivity index (χ4n) is 3.36. The summed E-state index contributed by atoms with van der Waals surface area (Å²) in [6, 6.07) is 8.59. The van der Waals surface area contributed by atoms with E-state index in [0.29, 0.717) is 25.9 Å². The van der Waals surface area contributed by atoms with Gasteiger partial charge in [-0.05, 0) is 49.7 Å². The van der Waals surface area contributed by atoms with E-state index in [-0.39, 0.29) is 12.3 Å². The molecule has 0 saturated carbocycles. The number of para-hydroxylation sites is 1. The molecule has 31 heavy (non-hydrogen) atoms. The Labute approximate surface area is 182 Å². The van der Waals surface area contributed by atoms with Crippen LogP contribution >= 0.6 is 0 Å². The Morgan fingerprint density at radius 1 is 1.10 bits per heavy atom. The molecule has 168 valence electrons. The van der Waals surface area contributed by atoms with Gasteiger partial charge in [0.1, 0.15) is 12.1 Å². The molecule has 2 rings (SSSR count). The summed E-state index contributed by atoms with van der Waals surface area (Å²) < 4.78 is 6.94. The summed E-state index contributed by atoms with van der Waals surface area (Å²) in [5.41, 5.74) is 6.63. The van der Waals surface area contributed by atoms with Crippen LogP contribution in [0.3, 0.4) is 0 Å². The second kappa shape index (κ2) is 12.5. The number of ether oxygens (including phenoxy) is 1. The minimum atomic E-state index is -0.832. The van der Waals surface area contributed by atoms with Crippen molar-refractivity contribution in [2.24, 2.45) is 5.73 Å². The molecule has 1 aromatic carbocycles. The molecule has 0 bridgehead atoms. The van der Waals surface area contributed by atoms with Crippen LogP contribution in [0.1, 0.15) is 32.6 Å². The van der Waals surface area contributed by atoms with Crippen LogP contribution < -0.4 is 16.4 Å². The Bertz CT molecular complexity index is 906. The standard InChI is InChI=1S/C23H32N4O4/c1-17(28)25-19(10-5-7-14-24)22(29)26-20(23(30)31-2)11-6-8-15-27-16-13-18-9-3-4-12-21(18)27/h3-4,6,8-9,12-13,16,19-20H,5,7,10-11,14-15,24H2,1-2H3,(H,25,28)(H,26,29)/t19-,20+/m0/s1. The maximum Gasteiger partial charge on any atom is 0.328 e. The van der Waals surface area contributed by atoms with E-state index in [1.165, 1.54) is 14.0 Å². The van der Waals surface area contributed by atoms with Crippen molar-refractivity contribution >= 4 is 28.7 Å². The number of nitrogens with zero attached hydrogens (tertiary/aromatic N) is 1. The van der Waals surface area contributed by atoms with Gasteiger partial charge in [0, 0.05) is 25.2 Å². The van der Waals surface area contributed by atoms with Crippen LogP contribution in [0.2, 0.25) is 0 Å². The summed E-state index contributed by atoms with van der Waals surface area (Å²) >= 11 is 0. The quantitative estimate of drug-likeness (QED) is 0.271. The van der Waals surface area contributed by atoms with Gasteiger partial charge in [0.05, 0.1) is 7.11 Å². The second-order valence-corrected chi connectivity index (χ2v) is 7.36. The first-order valence-electron chi connectivity index (χ1n) is 10.5. The number of carbonyl (C=O) groups excluding carboxylic acids is 3. The number of amides is 2. The lowest BCUT2D eigenvalue weighted by Crippen LogP contribution is -2.51. The number of hydrogen-bond acceptors (Lipinski definition) is 5. The highest BCUT2D eigenvalue weighted by atomic mass is 16.5. The molecule has 2 amide bonds. The van der Waals surface area contributed by atoms with Crippen LogP contribution in [0.5, 0.6) is 0 Å². The molecule has 2 aromatic rings. The van der Waals surface area contributed by atoms with Crippen LogP contribution in [-0.4, -0.2) is 48.1 Å². The van der Waals surface area contributed by atoms with Gasteiger partial charge in [-0.1, -0.05) is 30.4 Å². The molecule has 0 radical (unpaired) electrons. The normalized spacial score (nSPS) is 13.1. The van der Waals surface area contributed by atoms with Gasteiger partial charge in [-0.3, -0.25) is 9.59 Å². The third-order valence-corrected chi connectivity index (χ3v) is 4.96. The summed E-state index contributed by atoms with van der Waals surface area (Å²) in [4.78, 5) is 36.3. The average molecular weight is 429 g/mol. The molecular weight excluding hydrogens is 396 g/mol. The molecule has 0 aliphatic rings. The van der Waals surface area contributed by atoms with Crippen molar-refractivity contribution in [2.75, 3.05) is 13.7 Å². The molecule has 0 saturated heterocycles. The molecule has 8 nitrogen and oxygen atoms in total. The number of nitrogens with two attached hydrogens (primary N) is 1. The van der Waals surface area contributed by atoms with E-state index in [2.05, 4.69) is 21.3 Å². The third-order valence-electron chi connectivity index (χ3n) is 4.96. The number of nitrogens with one attached hydrogen (secondary N) is 2.